The highest BCUT2D eigenvalue weighted by molar-refractivity contribution is 5.70. The van der Waals surface area contributed by atoms with Crippen LogP contribution < -0.4 is 4.74 Å². The highest BCUT2D eigenvalue weighted by Gasteiger charge is 2.28. The third-order valence-corrected chi connectivity index (χ3v) is 5.91. The molecule has 1 saturated carbocycles. The first-order chi connectivity index (χ1) is 15.8. The fourth-order valence-electron chi connectivity index (χ4n) is 4.19. The second-order valence-electron chi connectivity index (χ2n) is 9.11. The number of aliphatic carboxylic acids is 1. The summed E-state index contributed by atoms with van der Waals surface area (Å²) in [6, 6.07) is 3.72. The average Bonchev–Trinajstić information content (AvgIpc) is 3.36. The predicted octanol–water partition coefficient (Wildman–Crippen LogP) is 3.38. The summed E-state index contributed by atoms with van der Waals surface area (Å²) in [6.45, 7) is 6.10. The van der Waals surface area contributed by atoms with Crippen LogP contribution in [-0.4, -0.2) is 47.3 Å². The summed E-state index contributed by atoms with van der Waals surface area (Å²) in [5, 5.41) is 21.8. The van der Waals surface area contributed by atoms with Gasteiger partial charge < -0.3 is 14.4 Å². The Bertz CT molecular complexity index is 1120. The van der Waals surface area contributed by atoms with Crippen molar-refractivity contribution in [3.63, 3.8) is 0 Å². The van der Waals surface area contributed by atoms with Gasteiger partial charge in [0.15, 0.2) is 5.82 Å². The molecule has 0 amide bonds. The number of aryl methyl sites for hydroxylation is 2. The summed E-state index contributed by atoms with van der Waals surface area (Å²) in [5.41, 5.74) is 2.88. The molecule has 1 fully saturated rings. The van der Waals surface area contributed by atoms with Crippen LogP contribution in [0.3, 0.4) is 0 Å². The SMILES string of the molecule is Cc1nc(-c2nnn(C)c2Cc2nc(CC(C)C)no2)ccc1O[C@H]1CCC[C@H](C(=O)O)C1. The summed E-state index contributed by atoms with van der Waals surface area (Å²) in [7, 11) is 1.82. The van der Waals surface area contributed by atoms with Crippen molar-refractivity contribution >= 4 is 5.97 Å². The van der Waals surface area contributed by atoms with Crippen LogP contribution in [-0.2, 0) is 24.7 Å². The molecule has 33 heavy (non-hydrogen) atoms. The molecule has 1 N–H and O–H groups in total. The van der Waals surface area contributed by atoms with Crippen LogP contribution >= 0.6 is 0 Å². The number of aromatic nitrogens is 6. The molecule has 0 spiro atoms. The molecule has 3 aromatic heterocycles. The number of carbonyl (C=O) groups is 1. The van der Waals surface area contributed by atoms with Gasteiger partial charge in [0, 0.05) is 13.5 Å². The van der Waals surface area contributed by atoms with E-state index in [0.717, 1.165) is 30.7 Å². The molecule has 0 radical (unpaired) electrons. The van der Waals surface area contributed by atoms with Gasteiger partial charge >= 0.3 is 5.97 Å². The van der Waals surface area contributed by atoms with E-state index in [1.165, 1.54) is 0 Å². The van der Waals surface area contributed by atoms with Crippen molar-refractivity contribution in [3.8, 4) is 17.1 Å². The molecule has 0 saturated heterocycles. The molecule has 176 valence electrons. The summed E-state index contributed by atoms with van der Waals surface area (Å²) < 4.78 is 13.2. The first kappa shape index (κ1) is 22.9. The zero-order valence-electron chi connectivity index (χ0n) is 19.5. The summed E-state index contributed by atoms with van der Waals surface area (Å²) >= 11 is 0. The van der Waals surface area contributed by atoms with E-state index in [9.17, 15) is 9.90 Å². The standard InChI is InChI=1S/C23H30N6O4/c1-13(2)10-20-25-21(33-27-20)12-18-22(26-28-29(18)4)17-8-9-19(14(3)24-17)32-16-7-5-6-15(11-16)23(30)31/h8-9,13,15-16H,5-7,10-12H2,1-4H3,(H,30,31)/t15-,16-/m0/s1. The first-order valence-corrected chi connectivity index (χ1v) is 11.4. The van der Waals surface area contributed by atoms with Gasteiger partial charge in [-0.15, -0.1) is 5.10 Å². The van der Waals surface area contributed by atoms with Crippen LogP contribution in [0.5, 0.6) is 5.75 Å². The van der Waals surface area contributed by atoms with Crippen molar-refractivity contribution < 1.29 is 19.2 Å². The molecule has 1 aliphatic carbocycles. The molecule has 3 heterocycles. The lowest BCUT2D eigenvalue weighted by Crippen LogP contribution is -2.29. The third-order valence-electron chi connectivity index (χ3n) is 5.91. The Labute approximate surface area is 192 Å². The lowest BCUT2D eigenvalue weighted by molar-refractivity contribution is -0.143. The largest absolute Gasteiger partial charge is 0.489 e. The van der Waals surface area contributed by atoms with Gasteiger partial charge in [0.25, 0.3) is 0 Å². The minimum Gasteiger partial charge on any atom is -0.489 e. The number of carboxylic acid groups (broad SMARTS) is 1. The Morgan fingerprint density at radius 2 is 2.12 bits per heavy atom. The molecule has 2 atom stereocenters. The topological polar surface area (TPSA) is 129 Å². The molecule has 0 aliphatic heterocycles. The Kier molecular flexibility index (Phi) is 6.71. The number of pyridine rings is 1. The maximum Gasteiger partial charge on any atom is 0.306 e. The van der Waals surface area contributed by atoms with Gasteiger partial charge in [-0.25, -0.2) is 4.98 Å². The summed E-state index contributed by atoms with van der Waals surface area (Å²) in [5.74, 6) is 1.22. The van der Waals surface area contributed by atoms with Crippen molar-refractivity contribution in [2.75, 3.05) is 0 Å². The smallest absolute Gasteiger partial charge is 0.306 e. The summed E-state index contributed by atoms with van der Waals surface area (Å²) in [6.07, 6.45) is 3.98. The van der Waals surface area contributed by atoms with Crippen LogP contribution in [0.4, 0.5) is 0 Å². The normalized spacial score (nSPS) is 18.6. The van der Waals surface area contributed by atoms with E-state index in [1.54, 1.807) is 4.68 Å². The van der Waals surface area contributed by atoms with Gasteiger partial charge in [0.1, 0.15) is 11.4 Å². The second-order valence-corrected chi connectivity index (χ2v) is 9.11. The van der Waals surface area contributed by atoms with Crippen molar-refractivity contribution in [1.29, 1.82) is 0 Å². The Morgan fingerprint density at radius 1 is 1.30 bits per heavy atom. The molecule has 0 unspecified atom stereocenters. The van der Waals surface area contributed by atoms with Crippen LogP contribution in [0.2, 0.25) is 0 Å². The monoisotopic (exact) mass is 454 g/mol. The number of hydrogen-bond acceptors (Lipinski definition) is 8. The third kappa shape index (κ3) is 5.37. The van der Waals surface area contributed by atoms with E-state index in [2.05, 4.69) is 34.3 Å². The molecule has 0 aromatic carbocycles. The fraction of sp³-hybridized carbons (Fsp3) is 0.565. The van der Waals surface area contributed by atoms with Gasteiger partial charge in [-0.05, 0) is 50.7 Å². The quantitative estimate of drug-likeness (QED) is 0.544. The molecule has 10 nitrogen and oxygen atoms in total. The fourth-order valence-corrected chi connectivity index (χ4v) is 4.19. The molecule has 4 rings (SSSR count). The Balaban J connectivity index is 1.50. The first-order valence-electron chi connectivity index (χ1n) is 11.4. The highest BCUT2D eigenvalue weighted by atomic mass is 16.5. The van der Waals surface area contributed by atoms with E-state index in [0.29, 0.717) is 54.0 Å². The van der Waals surface area contributed by atoms with Gasteiger partial charge in [-0.3, -0.25) is 9.48 Å². The number of nitrogens with zero attached hydrogens (tertiary/aromatic N) is 6. The zero-order chi connectivity index (χ0) is 23.5. The summed E-state index contributed by atoms with van der Waals surface area (Å²) in [4.78, 5) is 20.5. The van der Waals surface area contributed by atoms with Crippen molar-refractivity contribution in [2.45, 2.75) is 65.4 Å². The van der Waals surface area contributed by atoms with E-state index in [1.807, 2.05) is 26.1 Å². The molecule has 10 heteroatoms. The van der Waals surface area contributed by atoms with E-state index in [-0.39, 0.29) is 12.0 Å². The van der Waals surface area contributed by atoms with Gasteiger partial charge in [0.2, 0.25) is 5.89 Å². The van der Waals surface area contributed by atoms with E-state index in [4.69, 9.17) is 14.2 Å². The zero-order valence-corrected chi connectivity index (χ0v) is 19.5. The molecule has 3 aromatic rings. The van der Waals surface area contributed by atoms with Gasteiger partial charge in [-0.1, -0.05) is 24.2 Å². The predicted molar refractivity (Wildman–Crippen MR) is 119 cm³/mol. The van der Waals surface area contributed by atoms with Gasteiger partial charge in [0.05, 0.1) is 35.5 Å². The van der Waals surface area contributed by atoms with Gasteiger partial charge in [-0.2, -0.15) is 4.98 Å². The Hall–Kier alpha value is -3.30. The van der Waals surface area contributed by atoms with Crippen LogP contribution in [0.1, 0.15) is 62.6 Å². The van der Waals surface area contributed by atoms with Crippen molar-refractivity contribution in [1.82, 2.24) is 30.1 Å². The lowest BCUT2D eigenvalue weighted by Gasteiger charge is -2.27. The molecular formula is C23H30N6O4. The van der Waals surface area contributed by atoms with Crippen molar-refractivity contribution in [2.24, 2.45) is 18.9 Å². The number of rotatable bonds is 8. The minimum absolute atomic E-state index is 0.115. The maximum absolute atomic E-state index is 11.3. The second kappa shape index (κ2) is 9.68. The Morgan fingerprint density at radius 3 is 2.85 bits per heavy atom. The maximum atomic E-state index is 11.3. The average molecular weight is 455 g/mol. The van der Waals surface area contributed by atoms with E-state index >= 15 is 0 Å². The van der Waals surface area contributed by atoms with Crippen LogP contribution in [0.15, 0.2) is 16.7 Å². The highest BCUT2D eigenvalue weighted by Crippen LogP contribution is 2.30. The molecular weight excluding hydrogens is 424 g/mol. The van der Waals surface area contributed by atoms with Crippen molar-refractivity contribution in [3.05, 3.63) is 35.2 Å². The number of carboxylic acids is 1. The number of ether oxygens (including phenoxy) is 1. The molecule has 0 bridgehead atoms. The minimum atomic E-state index is -0.749. The number of hydrogen-bond donors (Lipinski definition) is 1. The van der Waals surface area contributed by atoms with Crippen LogP contribution in [0.25, 0.3) is 11.4 Å². The van der Waals surface area contributed by atoms with E-state index < -0.39 is 5.97 Å². The molecule has 1 aliphatic rings. The lowest BCUT2D eigenvalue weighted by atomic mass is 9.87. The van der Waals surface area contributed by atoms with Crippen LogP contribution in [0, 0.1) is 18.8 Å².